The first-order valence-corrected chi connectivity index (χ1v) is 11.9. The van der Waals surface area contributed by atoms with Crippen molar-refractivity contribution < 1.29 is 18.7 Å². The fraction of sp³-hybridized carbons (Fsp3) is 0.192. The van der Waals surface area contributed by atoms with Gasteiger partial charge in [-0.2, -0.15) is 0 Å². The van der Waals surface area contributed by atoms with Gasteiger partial charge in [-0.1, -0.05) is 36.4 Å². The second-order valence-corrected chi connectivity index (χ2v) is 8.23. The molecule has 0 bridgehead atoms. The molecule has 0 spiro atoms. The van der Waals surface area contributed by atoms with Crippen molar-refractivity contribution in [1.29, 1.82) is 0 Å². The van der Waals surface area contributed by atoms with Crippen molar-refractivity contribution in [2.24, 2.45) is 0 Å². The summed E-state index contributed by atoms with van der Waals surface area (Å²) in [6.07, 6.45) is 3.45. The lowest BCUT2D eigenvalue weighted by Gasteiger charge is -2.14. The standard InChI is InChI=1S/C26H25N3O4S/c1-17-23(26(34-3)29-24(28-17)21-10-7-13-32-21)25(30)27-15-19-11-12-20(22(14-19)31-2)33-16-18-8-5-4-6-9-18/h4-14H,15-16H2,1-3H3,(H,27,30). The lowest BCUT2D eigenvalue weighted by atomic mass is 10.1. The summed E-state index contributed by atoms with van der Waals surface area (Å²) in [5, 5.41) is 3.56. The van der Waals surface area contributed by atoms with Gasteiger partial charge in [0.15, 0.2) is 23.1 Å². The molecule has 4 aromatic rings. The number of carbonyl (C=O) groups is 1. The van der Waals surface area contributed by atoms with Gasteiger partial charge in [0.2, 0.25) is 0 Å². The van der Waals surface area contributed by atoms with Crippen LogP contribution < -0.4 is 14.8 Å². The van der Waals surface area contributed by atoms with Crippen LogP contribution in [0, 0.1) is 6.92 Å². The molecule has 0 aliphatic heterocycles. The minimum atomic E-state index is -0.240. The first-order valence-electron chi connectivity index (χ1n) is 10.7. The van der Waals surface area contributed by atoms with Gasteiger partial charge in [0.1, 0.15) is 11.6 Å². The molecule has 8 heteroatoms. The molecule has 1 N–H and O–H groups in total. The number of rotatable bonds is 9. The number of amides is 1. The maximum absolute atomic E-state index is 13.0. The Hall–Kier alpha value is -3.78. The topological polar surface area (TPSA) is 86.5 Å². The van der Waals surface area contributed by atoms with Crippen molar-refractivity contribution >= 4 is 17.7 Å². The van der Waals surface area contributed by atoms with Crippen LogP contribution in [0.15, 0.2) is 76.4 Å². The molecule has 7 nitrogen and oxygen atoms in total. The summed E-state index contributed by atoms with van der Waals surface area (Å²) >= 11 is 1.39. The van der Waals surface area contributed by atoms with Crippen molar-refractivity contribution in [1.82, 2.24) is 15.3 Å². The van der Waals surface area contributed by atoms with E-state index in [0.29, 0.717) is 52.5 Å². The van der Waals surface area contributed by atoms with Gasteiger partial charge in [0, 0.05) is 6.54 Å². The van der Waals surface area contributed by atoms with E-state index < -0.39 is 0 Å². The number of benzene rings is 2. The quantitative estimate of drug-likeness (QED) is 0.260. The van der Waals surface area contributed by atoms with Crippen molar-refractivity contribution in [3.05, 3.63) is 89.3 Å². The Bertz CT molecular complexity index is 1260. The Morgan fingerprint density at radius 2 is 1.85 bits per heavy atom. The third-order valence-corrected chi connectivity index (χ3v) is 5.82. The molecule has 0 saturated carbocycles. The van der Waals surface area contributed by atoms with E-state index in [-0.39, 0.29) is 5.91 Å². The number of methoxy groups -OCH3 is 1. The number of hydrogen-bond acceptors (Lipinski definition) is 7. The molecule has 0 atom stereocenters. The van der Waals surface area contributed by atoms with Gasteiger partial charge in [-0.3, -0.25) is 4.79 Å². The monoisotopic (exact) mass is 475 g/mol. The fourth-order valence-electron chi connectivity index (χ4n) is 3.42. The van der Waals surface area contributed by atoms with E-state index in [0.717, 1.165) is 11.1 Å². The Morgan fingerprint density at radius 3 is 2.56 bits per heavy atom. The second kappa shape index (κ2) is 10.9. The molecule has 0 radical (unpaired) electrons. The van der Waals surface area contributed by atoms with E-state index in [4.69, 9.17) is 13.9 Å². The molecular weight excluding hydrogens is 450 g/mol. The molecule has 0 aliphatic rings. The van der Waals surface area contributed by atoms with Crippen LogP contribution >= 0.6 is 11.8 Å². The van der Waals surface area contributed by atoms with Gasteiger partial charge in [0.05, 0.1) is 24.6 Å². The highest BCUT2D eigenvalue weighted by Gasteiger charge is 2.20. The molecular formula is C26H25N3O4S. The van der Waals surface area contributed by atoms with Crippen LogP contribution in [-0.4, -0.2) is 29.2 Å². The second-order valence-electron chi connectivity index (χ2n) is 7.44. The number of nitrogens with one attached hydrogen (secondary N) is 1. The molecule has 34 heavy (non-hydrogen) atoms. The molecule has 4 rings (SSSR count). The zero-order chi connectivity index (χ0) is 23.9. The molecule has 0 aliphatic carbocycles. The number of ether oxygens (including phenoxy) is 2. The van der Waals surface area contributed by atoms with E-state index in [1.54, 1.807) is 32.4 Å². The lowest BCUT2D eigenvalue weighted by molar-refractivity contribution is 0.0946. The summed E-state index contributed by atoms with van der Waals surface area (Å²) in [5.41, 5.74) is 3.00. The molecule has 174 valence electrons. The van der Waals surface area contributed by atoms with Gasteiger partial charge >= 0.3 is 0 Å². The van der Waals surface area contributed by atoms with Gasteiger partial charge in [0.25, 0.3) is 5.91 Å². The van der Waals surface area contributed by atoms with E-state index in [2.05, 4.69) is 15.3 Å². The summed E-state index contributed by atoms with van der Waals surface area (Å²) in [4.78, 5) is 22.0. The summed E-state index contributed by atoms with van der Waals surface area (Å²) in [6, 6.07) is 19.1. The molecule has 0 fully saturated rings. The molecule has 2 aromatic carbocycles. The van der Waals surface area contributed by atoms with Crippen LogP contribution in [0.2, 0.25) is 0 Å². The first kappa shape index (κ1) is 23.4. The van der Waals surface area contributed by atoms with Crippen molar-refractivity contribution in [2.75, 3.05) is 13.4 Å². The van der Waals surface area contributed by atoms with Crippen LogP contribution in [0.5, 0.6) is 11.5 Å². The number of aryl methyl sites for hydroxylation is 1. The highest BCUT2D eigenvalue weighted by molar-refractivity contribution is 7.98. The van der Waals surface area contributed by atoms with E-state index in [1.165, 1.54) is 11.8 Å². The zero-order valence-electron chi connectivity index (χ0n) is 19.2. The van der Waals surface area contributed by atoms with Gasteiger partial charge in [-0.05, 0) is 48.6 Å². The zero-order valence-corrected chi connectivity index (χ0v) is 20.0. The number of hydrogen-bond donors (Lipinski definition) is 1. The predicted molar refractivity (Wildman–Crippen MR) is 131 cm³/mol. The van der Waals surface area contributed by atoms with Crippen LogP contribution in [-0.2, 0) is 13.2 Å². The number of nitrogens with zero attached hydrogens (tertiary/aromatic N) is 2. The van der Waals surface area contributed by atoms with Crippen LogP contribution in [0.3, 0.4) is 0 Å². The number of furan rings is 1. The highest BCUT2D eigenvalue weighted by Crippen LogP contribution is 2.29. The van der Waals surface area contributed by atoms with E-state index in [1.807, 2.05) is 54.8 Å². The number of thioether (sulfide) groups is 1. The van der Waals surface area contributed by atoms with Gasteiger partial charge in [-0.25, -0.2) is 9.97 Å². The smallest absolute Gasteiger partial charge is 0.256 e. The van der Waals surface area contributed by atoms with Crippen molar-refractivity contribution in [3.8, 4) is 23.1 Å². The molecule has 2 heterocycles. The Kier molecular flexibility index (Phi) is 7.49. The first-order chi connectivity index (χ1) is 16.6. The van der Waals surface area contributed by atoms with Crippen molar-refractivity contribution in [2.45, 2.75) is 25.1 Å². The third kappa shape index (κ3) is 5.40. The fourth-order valence-corrected chi connectivity index (χ4v) is 4.04. The molecule has 2 aromatic heterocycles. The highest BCUT2D eigenvalue weighted by atomic mass is 32.2. The third-order valence-electron chi connectivity index (χ3n) is 5.14. The maximum Gasteiger partial charge on any atom is 0.256 e. The van der Waals surface area contributed by atoms with Gasteiger partial charge < -0.3 is 19.2 Å². The normalized spacial score (nSPS) is 10.7. The number of aromatic nitrogens is 2. The minimum Gasteiger partial charge on any atom is -0.493 e. The lowest BCUT2D eigenvalue weighted by Crippen LogP contribution is -2.25. The van der Waals surface area contributed by atoms with Gasteiger partial charge in [-0.15, -0.1) is 11.8 Å². The molecule has 1 amide bonds. The molecule has 0 unspecified atom stereocenters. The van der Waals surface area contributed by atoms with Crippen LogP contribution in [0.25, 0.3) is 11.6 Å². The predicted octanol–water partition coefficient (Wildman–Crippen LogP) is 5.28. The maximum atomic E-state index is 13.0. The molecule has 0 saturated heterocycles. The van der Waals surface area contributed by atoms with E-state index >= 15 is 0 Å². The Morgan fingerprint density at radius 1 is 1.03 bits per heavy atom. The summed E-state index contributed by atoms with van der Waals surface area (Å²) < 4.78 is 16.8. The van der Waals surface area contributed by atoms with Crippen molar-refractivity contribution in [3.63, 3.8) is 0 Å². The largest absolute Gasteiger partial charge is 0.493 e. The van der Waals surface area contributed by atoms with Crippen LogP contribution in [0.4, 0.5) is 0 Å². The summed E-state index contributed by atoms with van der Waals surface area (Å²) in [6.45, 7) is 2.56. The van der Waals surface area contributed by atoms with E-state index in [9.17, 15) is 4.79 Å². The summed E-state index contributed by atoms with van der Waals surface area (Å²) in [5.74, 6) is 2.03. The Labute approximate surface area is 202 Å². The summed E-state index contributed by atoms with van der Waals surface area (Å²) in [7, 11) is 1.60. The Balaban J connectivity index is 1.45. The number of carbonyl (C=O) groups excluding carboxylic acids is 1. The van der Waals surface area contributed by atoms with Crippen LogP contribution in [0.1, 0.15) is 27.2 Å². The SMILES string of the molecule is COc1cc(CNC(=O)c2c(C)nc(-c3ccco3)nc2SC)ccc1OCc1ccccc1. The minimum absolute atomic E-state index is 0.240. The average molecular weight is 476 g/mol. The average Bonchev–Trinajstić information content (AvgIpc) is 3.41.